The monoisotopic (exact) mass is 331 g/mol. The van der Waals surface area contributed by atoms with Crippen LogP contribution in [0.1, 0.15) is 0 Å². The van der Waals surface area contributed by atoms with E-state index in [9.17, 15) is 18.5 Å². The first kappa shape index (κ1) is 14.9. The van der Waals surface area contributed by atoms with Crippen molar-refractivity contribution in [2.75, 3.05) is 17.6 Å². The van der Waals surface area contributed by atoms with E-state index in [1.165, 1.54) is 19.2 Å². The number of rotatable bonds is 5. The lowest BCUT2D eigenvalue weighted by Crippen LogP contribution is -2.13. The molecule has 1 heterocycles. The molecule has 0 radical (unpaired) electrons. The summed E-state index contributed by atoms with van der Waals surface area (Å²) in [5.41, 5.74) is 4.96. The SMILES string of the molecule is COc1ccc([N+](=O)[O-])cc1NS(=O)(=O)c1nnc(N)s1. The average Bonchev–Trinajstić information content (AvgIpc) is 2.85. The second-order valence-electron chi connectivity index (χ2n) is 3.65. The minimum Gasteiger partial charge on any atom is -0.495 e. The molecule has 0 atom stereocenters. The van der Waals surface area contributed by atoms with Gasteiger partial charge in [-0.15, -0.1) is 10.2 Å². The zero-order valence-corrected chi connectivity index (χ0v) is 12.1. The van der Waals surface area contributed by atoms with E-state index in [0.717, 1.165) is 6.07 Å². The minimum absolute atomic E-state index is 0.0126. The molecule has 0 saturated heterocycles. The molecule has 0 aliphatic carbocycles. The standard InChI is InChI=1S/C9H9N5O5S2/c1-19-7-3-2-5(14(15)16)4-6(7)13-21(17,18)9-12-11-8(10)20-9/h2-4,13H,1H3,(H2,10,11). The lowest BCUT2D eigenvalue weighted by atomic mass is 10.2. The molecule has 112 valence electrons. The van der Waals surface area contributed by atoms with Gasteiger partial charge in [0.05, 0.1) is 17.7 Å². The van der Waals surface area contributed by atoms with Crippen molar-refractivity contribution in [2.45, 2.75) is 4.34 Å². The van der Waals surface area contributed by atoms with Crippen LogP contribution in [0.5, 0.6) is 5.75 Å². The van der Waals surface area contributed by atoms with Crippen LogP contribution in [-0.4, -0.2) is 30.6 Å². The number of ether oxygens (including phenoxy) is 1. The van der Waals surface area contributed by atoms with Crippen LogP contribution in [0.2, 0.25) is 0 Å². The summed E-state index contributed by atoms with van der Waals surface area (Å²) >= 11 is 0.668. The molecular weight excluding hydrogens is 322 g/mol. The molecule has 0 amide bonds. The minimum atomic E-state index is -4.06. The average molecular weight is 331 g/mol. The molecule has 1 aromatic carbocycles. The summed E-state index contributed by atoms with van der Waals surface area (Å²) in [7, 11) is -2.75. The highest BCUT2D eigenvalue weighted by atomic mass is 32.2. The van der Waals surface area contributed by atoms with Gasteiger partial charge in [0, 0.05) is 12.1 Å². The summed E-state index contributed by atoms with van der Waals surface area (Å²) in [5.74, 6) is 0.127. The summed E-state index contributed by atoms with van der Waals surface area (Å²) in [5, 5.41) is 17.5. The lowest BCUT2D eigenvalue weighted by molar-refractivity contribution is -0.384. The number of sulfonamides is 1. The Labute approximate surface area is 122 Å². The largest absolute Gasteiger partial charge is 0.495 e. The number of hydrogen-bond acceptors (Lipinski definition) is 9. The molecule has 12 heteroatoms. The Balaban J connectivity index is 2.42. The number of methoxy groups -OCH3 is 1. The van der Waals surface area contributed by atoms with Gasteiger partial charge in [0.25, 0.3) is 20.1 Å². The third-order valence-electron chi connectivity index (χ3n) is 2.29. The molecule has 0 unspecified atom stereocenters. The van der Waals surface area contributed by atoms with Gasteiger partial charge in [0.2, 0.25) is 5.13 Å². The van der Waals surface area contributed by atoms with Crippen molar-refractivity contribution in [3.63, 3.8) is 0 Å². The molecule has 0 saturated carbocycles. The highest BCUT2D eigenvalue weighted by Crippen LogP contribution is 2.31. The van der Waals surface area contributed by atoms with E-state index in [4.69, 9.17) is 10.5 Å². The van der Waals surface area contributed by atoms with Crippen molar-refractivity contribution in [1.29, 1.82) is 0 Å². The van der Waals surface area contributed by atoms with Gasteiger partial charge in [-0.3, -0.25) is 14.8 Å². The molecule has 3 N–H and O–H groups in total. The molecular formula is C9H9N5O5S2. The summed E-state index contributed by atoms with van der Waals surface area (Å²) < 4.78 is 30.9. The van der Waals surface area contributed by atoms with Crippen molar-refractivity contribution in [2.24, 2.45) is 0 Å². The quantitative estimate of drug-likeness (QED) is 0.604. The summed E-state index contributed by atoms with van der Waals surface area (Å²) in [6.07, 6.45) is 0. The number of nitro benzene ring substituents is 1. The van der Waals surface area contributed by atoms with Gasteiger partial charge in [-0.1, -0.05) is 11.3 Å². The van der Waals surface area contributed by atoms with Crippen molar-refractivity contribution in [1.82, 2.24) is 10.2 Å². The van der Waals surface area contributed by atoms with Crippen molar-refractivity contribution < 1.29 is 18.1 Å². The number of anilines is 2. The molecule has 0 spiro atoms. The lowest BCUT2D eigenvalue weighted by Gasteiger charge is -2.09. The highest BCUT2D eigenvalue weighted by Gasteiger charge is 2.22. The smallest absolute Gasteiger partial charge is 0.291 e. The highest BCUT2D eigenvalue weighted by molar-refractivity contribution is 7.94. The van der Waals surface area contributed by atoms with Crippen LogP contribution in [0, 0.1) is 10.1 Å². The zero-order chi connectivity index (χ0) is 15.6. The number of non-ortho nitro benzene ring substituents is 1. The molecule has 0 fully saturated rings. The second-order valence-corrected chi connectivity index (χ2v) is 6.52. The third-order valence-corrected chi connectivity index (χ3v) is 4.78. The van der Waals surface area contributed by atoms with E-state index in [1.54, 1.807) is 0 Å². The van der Waals surface area contributed by atoms with Gasteiger partial charge in [-0.2, -0.15) is 8.42 Å². The predicted octanol–water partition coefficient (Wildman–Crippen LogP) is 0.838. The van der Waals surface area contributed by atoms with E-state index in [0.29, 0.717) is 11.3 Å². The van der Waals surface area contributed by atoms with Gasteiger partial charge in [-0.05, 0) is 6.07 Å². The molecule has 21 heavy (non-hydrogen) atoms. The van der Waals surface area contributed by atoms with Crippen molar-refractivity contribution in [3.05, 3.63) is 28.3 Å². The van der Waals surface area contributed by atoms with Crippen molar-refractivity contribution >= 4 is 37.9 Å². The fourth-order valence-corrected chi connectivity index (χ4v) is 3.25. The fraction of sp³-hybridized carbons (Fsp3) is 0.111. The maximum Gasteiger partial charge on any atom is 0.291 e. The number of hydrogen-bond donors (Lipinski definition) is 2. The number of nitrogens with one attached hydrogen (secondary N) is 1. The van der Waals surface area contributed by atoms with Crippen LogP contribution in [0.25, 0.3) is 0 Å². The van der Waals surface area contributed by atoms with E-state index in [-0.39, 0.29) is 26.6 Å². The maximum absolute atomic E-state index is 12.1. The van der Waals surface area contributed by atoms with Gasteiger partial charge < -0.3 is 10.5 Å². The molecule has 2 aromatic rings. The number of nitrogen functional groups attached to an aromatic ring is 1. The molecule has 10 nitrogen and oxygen atoms in total. The second kappa shape index (κ2) is 5.49. The normalized spacial score (nSPS) is 11.1. The van der Waals surface area contributed by atoms with Crippen LogP contribution < -0.4 is 15.2 Å². The summed E-state index contributed by atoms with van der Waals surface area (Å²) in [6.45, 7) is 0. The van der Waals surface area contributed by atoms with Gasteiger partial charge in [-0.25, -0.2) is 0 Å². The third kappa shape index (κ3) is 3.17. The van der Waals surface area contributed by atoms with E-state index in [1.807, 2.05) is 0 Å². The summed E-state index contributed by atoms with van der Waals surface area (Å²) in [4.78, 5) is 10.1. The summed E-state index contributed by atoms with van der Waals surface area (Å²) in [6, 6.07) is 3.52. The Morgan fingerprint density at radius 2 is 2.14 bits per heavy atom. The topological polar surface area (TPSA) is 150 Å². The number of nitrogens with two attached hydrogens (primary N) is 1. The van der Waals surface area contributed by atoms with E-state index in [2.05, 4.69) is 14.9 Å². The van der Waals surface area contributed by atoms with Gasteiger partial charge in [0.1, 0.15) is 5.75 Å². The first-order valence-corrected chi connectivity index (χ1v) is 7.57. The first-order valence-electron chi connectivity index (χ1n) is 5.27. The Kier molecular flexibility index (Phi) is 3.90. The van der Waals surface area contributed by atoms with E-state index >= 15 is 0 Å². The number of benzene rings is 1. The van der Waals surface area contributed by atoms with Gasteiger partial charge in [0.15, 0.2) is 0 Å². The first-order chi connectivity index (χ1) is 9.83. The molecule has 0 aliphatic heterocycles. The maximum atomic E-state index is 12.1. The Morgan fingerprint density at radius 3 is 2.67 bits per heavy atom. The molecule has 1 aromatic heterocycles. The van der Waals surface area contributed by atoms with Crippen LogP contribution in [0.15, 0.2) is 22.5 Å². The number of nitrogens with zero attached hydrogens (tertiary/aromatic N) is 3. The van der Waals surface area contributed by atoms with Crippen LogP contribution in [0.3, 0.4) is 0 Å². The van der Waals surface area contributed by atoms with Crippen LogP contribution in [-0.2, 0) is 10.0 Å². The molecule has 0 aliphatic rings. The van der Waals surface area contributed by atoms with Crippen LogP contribution in [0.4, 0.5) is 16.5 Å². The Hall–Kier alpha value is -2.47. The number of nitro groups is 1. The van der Waals surface area contributed by atoms with Gasteiger partial charge >= 0.3 is 0 Å². The van der Waals surface area contributed by atoms with Crippen LogP contribution >= 0.6 is 11.3 Å². The Morgan fingerprint density at radius 1 is 1.43 bits per heavy atom. The molecule has 0 bridgehead atoms. The Bertz CT molecular complexity index is 788. The predicted molar refractivity (Wildman–Crippen MR) is 74.8 cm³/mol. The van der Waals surface area contributed by atoms with E-state index < -0.39 is 14.9 Å². The van der Waals surface area contributed by atoms with Crippen molar-refractivity contribution in [3.8, 4) is 5.75 Å². The number of aromatic nitrogens is 2. The fourth-order valence-electron chi connectivity index (χ4n) is 1.41. The molecule has 2 rings (SSSR count). The zero-order valence-electron chi connectivity index (χ0n) is 10.5.